The maximum Gasteiger partial charge on any atom is 0.147 e. The van der Waals surface area contributed by atoms with Crippen LogP contribution in [0.2, 0.25) is 0 Å². The minimum Gasteiger partial charge on any atom is -0.317 e. The third-order valence-electron chi connectivity index (χ3n) is 3.37. The molecule has 4 heteroatoms. The van der Waals surface area contributed by atoms with Gasteiger partial charge in [0.05, 0.1) is 0 Å². The number of sulfone groups is 1. The van der Waals surface area contributed by atoms with Gasteiger partial charge in [0.2, 0.25) is 0 Å². The number of nitrogens with one attached hydrogen (secondary N) is 1. The molecule has 15 heavy (non-hydrogen) atoms. The second-order valence-corrected chi connectivity index (χ2v) is 6.97. The highest BCUT2D eigenvalue weighted by atomic mass is 32.2. The van der Waals surface area contributed by atoms with E-state index in [1.807, 2.05) is 7.05 Å². The first-order chi connectivity index (χ1) is 7.03. The zero-order valence-corrected chi connectivity index (χ0v) is 10.6. The topological polar surface area (TPSA) is 46.2 Å². The van der Waals surface area contributed by atoms with Crippen molar-refractivity contribution < 1.29 is 8.42 Å². The van der Waals surface area contributed by atoms with Crippen molar-refractivity contribution in [2.75, 3.05) is 19.1 Å². The standard InChI is InChI=1S/C11H23NO2S/c1-12-11-8-4-3-6-10(11)7-5-9-15(2,13)14/h10-12H,3-9H2,1-2H3. The maximum absolute atomic E-state index is 11.0. The van der Waals surface area contributed by atoms with Crippen LogP contribution in [-0.4, -0.2) is 33.5 Å². The molecular formula is C11H23NO2S. The Balaban J connectivity index is 2.29. The monoisotopic (exact) mass is 233 g/mol. The van der Waals surface area contributed by atoms with Crippen molar-refractivity contribution in [2.45, 2.75) is 44.6 Å². The lowest BCUT2D eigenvalue weighted by atomic mass is 9.82. The van der Waals surface area contributed by atoms with Crippen LogP contribution in [0.4, 0.5) is 0 Å². The molecule has 0 aromatic carbocycles. The molecule has 2 unspecified atom stereocenters. The van der Waals surface area contributed by atoms with Gasteiger partial charge in [-0.3, -0.25) is 0 Å². The van der Waals surface area contributed by atoms with E-state index in [2.05, 4.69) is 5.32 Å². The van der Waals surface area contributed by atoms with E-state index < -0.39 is 9.84 Å². The lowest BCUT2D eigenvalue weighted by Crippen LogP contribution is -2.36. The average molecular weight is 233 g/mol. The normalized spacial score (nSPS) is 27.9. The molecule has 0 bridgehead atoms. The molecule has 1 rings (SSSR count). The van der Waals surface area contributed by atoms with Gasteiger partial charge in [0.1, 0.15) is 9.84 Å². The van der Waals surface area contributed by atoms with Gasteiger partial charge in [0, 0.05) is 18.1 Å². The predicted octanol–water partition coefficient (Wildman–Crippen LogP) is 1.59. The Morgan fingerprint density at radius 3 is 2.53 bits per heavy atom. The number of hydrogen-bond acceptors (Lipinski definition) is 3. The molecular weight excluding hydrogens is 210 g/mol. The lowest BCUT2D eigenvalue weighted by molar-refractivity contribution is 0.259. The van der Waals surface area contributed by atoms with E-state index >= 15 is 0 Å². The van der Waals surface area contributed by atoms with Gasteiger partial charge in [-0.1, -0.05) is 12.8 Å². The van der Waals surface area contributed by atoms with Crippen LogP contribution in [0.5, 0.6) is 0 Å². The second-order valence-electron chi connectivity index (χ2n) is 4.71. The van der Waals surface area contributed by atoms with Crippen molar-refractivity contribution >= 4 is 9.84 Å². The molecule has 0 heterocycles. The van der Waals surface area contributed by atoms with Gasteiger partial charge in [-0.05, 0) is 38.6 Å². The highest BCUT2D eigenvalue weighted by Gasteiger charge is 2.23. The highest BCUT2D eigenvalue weighted by Crippen LogP contribution is 2.27. The molecule has 90 valence electrons. The van der Waals surface area contributed by atoms with Crippen molar-refractivity contribution in [3.8, 4) is 0 Å². The summed E-state index contributed by atoms with van der Waals surface area (Å²) in [7, 11) is -0.756. The summed E-state index contributed by atoms with van der Waals surface area (Å²) in [5, 5.41) is 3.35. The molecule has 1 fully saturated rings. The van der Waals surface area contributed by atoms with E-state index in [-0.39, 0.29) is 0 Å². The molecule has 1 N–H and O–H groups in total. The fourth-order valence-corrected chi connectivity index (χ4v) is 3.23. The smallest absolute Gasteiger partial charge is 0.147 e. The van der Waals surface area contributed by atoms with Gasteiger partial charge in [-0.2, -0.15) is 0 Å². The van der Waals surface area contributed by atoms with Gasteiger partial charge >= 0.3 is 0 Å². The largest absolute Gasteiger partial charge is 0.317 e. The Labute approximate surface area is 93.6 Å². The number of hydrogen-bond donors (Lipinski definition) is 1. The Morgan fingerprint density at radius 2 is 1.93 bits per heavy atom. The molecule has 0 saturated heterocycles. The summed E-state index contributed by atoms with van der Waals surface area (Å²) in [6, 6.07) is 0.610. The first-order valence-corrected chi connectivity index (χ1v) is 7.94. The molecule has 0 aliphatic heterocycles. The third kappa shape index (κ3) is 4.98. The predicted molar refractivity (Wildman–Crippen MR) is 63.8 cm³/mol. The Hall–Kier alpha value is -0.0900. The van der Waals surface area contributed by atoms with Crippen LogP contribution in [0.25, 0.3) is 0 Å². The molecule has 0 radical (unpaired) electrons. The van der Waals surface area contributed by atoms with Crippen LogP contribution in [-0.2, 0) is 9.84 Å². The summed E-state index contributed by atoms with van der Waals surface area (Å²) in [4.78, 5) is 0. The van der Waals surface area contributed by atoms with Gasteiger partial charge in [-0.15, -0.1) is 0 Å². The summed E-state index contributed by atoms with van der Waals surface area (Å²) < 4.78 is 22.0. The highest BCUT2D eigenvalue weighted by molar-refractivity contribution is 7.90. The quantitative estimate of drug-likeness (QED) is 0.784. The first-order valence-electron chi connectivity index (χ1n) is 5.88. The summed E-state index contributed by atoms with van der Waals surface area (Å²) in [6.07, 6.45) is 8.33. The number of rotatable bonds is 5. The van der Waals surface area contributed by atoms with Crippen LogP contribution < -0.4 is 5.32 Å². The molecule has 0 aromatic heterocycles. The van der Waals surface area contributed by atoms with Crippen LogP contribution in [0.3, 0.4) is 0 Å². The molecule has 2 atom stereocenters. The second kappa shape index (κ2) is 5.85. The minimum absolute atomic E-state index is 0.347. The average Bonchev–Trinajstić information content (AvgIpc) is 2.16. The minimum atomic E-state index is -2.77. The molecule has 1 aliphatic rings. The summed E-state index contributed by atoms with van der Waals surface area (Å²) in [5.41, 5.74) is 0. The molecule has 0 aromatic rings. The van der Waals surface area contributed by atoms with Crippen molar-refractivity contribution in [1.29, 1.82) is 0 Å². The molecule has 3 nitrogen and oxygen atoms in total. The summed E-state index contributed by atoms with van der Waals surface area (Å²) >= 11 is 0. The van der Waals surface area contributed by atoms with Crippen molar-refractivity contribution in [1.82, 2.24) is 5.32 Å². The Kier molecular flexibility index (Phi) is 5.06. The third-order valence-corrected chi connectivity index (χ3v) is 4.40. The van der Waals surface area contributed by atoms with Crippen LogP contribution >= 0.6 is 0 Å². The van der Waals surface area contributed by atoms with E-state index in [0.29, 0.717) is 17.7 Å². The maximum atomic E-state index is 11.0. The van der Waals surface area contributed by atoms with Crippen LogP contribution in [0.15, 0.2) is 0 Å². The van der Waals surface area contributed by atoms with Crippen LogP contribution in [0.1, 0.15) is 38.5 Å². The fraction of sp³-hybridized carbons (Fsp3) is 1.00. The van der Waals surface area contributed by atoms with Crippen molar-refractivity contribution in [3.63, 3.8) is 0 Å². The van der Waals surface area contributed by atoms with Gasteiger partial charge in [0.25, 0.3) is 0 Å². The molecule has 0 amide bonds. The van der Waals surface area contributed by atoms with E-state index in [1.165, 1.54) is 31.9 Å². The lowest BCUT2D eigenvalue weighted by Gasteiger charge is -2.31. The SMILES string of the molecule is CNC1CCCCC1CCCS(C)(=O)=O. The fourth-order valence-electron chi connectivity index (χ4n) is 2.54. The summed E-state index contributed by atoms with van der Waals surface area (Å²) in [5.74, 6) is 1.03. The Bertz CT molecular complexity index is 274. The van der Waals surface area contributed by atoms with Crippen molar-refractivity contribution in [2.24, 2.45) is 5.92 Å². The Morgan fingerprint density at radius 1 is 1.27 bits per heavy atom. The van der Waals surface area contributed by atoms with E-state index in [9.17, 15) is 8.42 Å². The zero-order chi connectivity index (χ0) is 11.3. The van der Waals surface area contributed by atoms with Crippen LogP contribution in [0, 0.1) is 5.92 Å². The van der Waals surface area contributed by atoms with E-state index in [4.69, 9.17) is 0 Å². The molecule has 1 saturated carbocycles. The van der Waals surface area contributed by atoms with Gasteiger partial charge < -0.3 is 5.32 Å². The van der Waals surface area contributed by atoms with Gasteiger partial charge in [-0.25, -0.2) is 8.42 Å². The molecule has 1 aliphatic carbocycles. The van der Waals surface area contributed by atoms with Gasteiger partial charge in [0.15, 0.2) is 0 Å². The van der Waals surface area contributed by atoms with E-state index in [1.54, 1.807) is 0 Å². The van der Waals surface area contributed by atoms with E-state index in [0.717, 1.165) is 12.8 Å². The summed E-state index contributed by atoms with van der Waals surface area (Å²) in [6.45, 7) is 0. The van der Waals surface area contributed by atoms with Crippen molar-refractivity contribution in [3.05, 3.63) is 0 Å². The zero-order valence-electron chi connectivity index (χ0n) is 9.83. The first kappa shape index (κ1) is 13.0. The molecule has 0 spiro atoms.